The molecule has 2 fully saturated rings. The average molecular weight is 429 g/mol. The molecule has 5 nitrogen and oxygen atoms in total. The van der Waals surface area contributed by atoms with E-state index in [9.17, 15) is 0 Å². The van der Waals surface area contributed by atoms with Gasteiger partial charge in [-0.3, -0.25) is 3.97 Å². The lowest BCUT2D eigenvalue weighted by Gasteiger charge is -2.49. The molecule has 0 radical (unpaired) electrons. The zero-order valence-corrected chi connectivity index (χ0v) is 15.6. The van der Waals surface area contributed by atoms with E-state index in [4.69, 9.17) is 0 Å². The lowest BCUT2D eigenvalue weighted by Crippen LogP contribution is -2.56. The standard InChI is InChI=1S/C15H20IN5S/c1-20(11-2-5-15(6-3-11)8-17-9-15)13-12-4-7-21(22-16)14(12)19-10-18-13/h4,7,10-11,17H,2-3,5-6,8-9H2,1H3. The predicted octanol–water partition coefficient (Wildman–Crippen LogP) is 3.25. The molecule has 22 heavy (non-hydrogen) atoms. The van der Waals surface area contributed by atoms with E-state index in [1.54, 1.807) is 15.4 Å². The molecule has 0 amide bonds. The first-order valence-corrected chi connectivity index (χ1v) is 11.1. The molecule has 1 saturated heterocycles. The van der Waals surface area contributed by atoms with E-state index in [1.165, 1.54) is 38.8 Å². The van der Waals surface area contributed by atoms with Crippen LogP contribution in [-0.4, -0.2) is 40.1 Å². The quantitative estimate of drug-likeness (QED) is 0.760. The van der Waals surface area contributed by atoms with E-state index < -0.39 is 0 Å². The maximum absolute atomic E-state index is 4.58. The van der Waals surface area contributed by atoms with E-state index in [2.05, 4.69) is 64.7 Å². The fourth-order valence-electron chi connectivity index (χ4n) is 3.86. The van der Waals surface area contributed by atoms with E-state index in [0.717, 1.165) is 16.9 Å². The molecule has 118 valence electrons. The maximum Gasteiger partial charge on any atom is 0.156 e. The number of nitrogens with one attached hydrogen (secondary N) is 1. The van der Waals surface area contributed by atoms with Crippen molar-refractivity contribution in [2.75, 3.05) is 25.0 Å². The van der Waals surface area contributed by atoms with Gasteiger partial charge >= 0.3 is 0 Å². The molecule has 1 aliphatic carbocycles. The Hall–Kier alpha value is -0.540. The molecule has 1 aliphatic heterocycles. The molecule has 7 heteroatoms. The predicted molar refractivity (Wildman–Crippen MR) is 100 cm³/mol. The smallest absolute Gasteiger partial charge is 0.156 e. The fourth-order valence-corrected chi connectivity index (χ4v) is 5.13. The Morgan fingerprint density at radius 3 is 2.77 bits per heavy atom. The van der Waals surface area contributed by atoms with Gasteiger partial charge in [-0.05, 0) is 37.2 Å². The highest BCUT2D eigenvalue weighted by Crippen LogP contribution is 2.41. The van der Waals surface area contributed by atoms with Crippen LogP contribution in [0.4, 0.5) is 5.82 Å². The van der Waals surface area contributed by atoms with Gasteiger partial charge in [0, 0.05) is 62.7 Å². The molecule has 2 aromatic rings. The number of nitrogens with zero attached hydrogens (tertiary/aromatic N) is 4. The van der Waals surface area contributed by atoms with Gasteiger partial charge in [0.05, 0.1) is 5.39 Å². The molecule has 0 atom stereocenters. The molecular formula is C15H20IN5S. The van der Waals surface area contributed by atoms with Crippen LogP contribution in [0.5, 0.6) is 0 Å². The van der Waals surface area contributed by atoms with Gasteiger partial charge in [0.15, 0.2) is 5.65 Å². The van der Waals surface area contributed by atoms with Crippen molar-refractivity contribution >= 4 is 47.2 Å². The summed E-state index contributed by atoms with van der Waals surface area (Å²) >= 11 is 2.28. The van der Waals surface area contributed by atoms with Gasteiger partial charge in [0.1, 0.15) is 12.1 Å². The van der Waals surface area contributed by atoms with Crippen LogP contribution in [-0.2, 0) is 0 Å². The molecule has 2 aromatic heterocycles. The zero-order chi connectivity index (χ0) is 15.2. The van der Waals surface area contributed by atoms with Crippen molar-refractivity contribution in [3.63, 3.8) is 0 Å². The number of rotatable bonds is 3. The SMILES string of the molecule is CN(c1ncnc2c1ccn2SI)C1CCC2(CC1)CNC2. The lowest BCUT2D eigenvalue weighted by molar-refractivity contribution is 0.0975. The van der Waals surface area contributed by atoms with Crippen LogP contribution >= 0.6 is 30.3 Å². The van der Waals surface area contributed by atoms with E-state index in [1.807, 2.05) is 0 Å². The summed E-state index contributed by atoms with van der Waals surface area (Å²) in [6.07, 6.45) is 8.99. The molecule has 1 saturated carbocycles. The third-order valence-corrected chi connectivity index (χ3v) is 7.12. The van der Waals surface area contributed by atoms with Gasteiger partial charge in [0.2, 0.25) is 0 Å². The second-order valence-corrected chi connectivity index (χ2v) is 8.30. The normalized spacial score (nSPS) is 21.2. The number of fused-ring (bicyclic) bond motifs is 1. The molecule has 4 rings (SSSR count). The minimum atomic E-state index is 0.597. The van der Waals surface area contributed by atoms with Gasteiger partial charge in [-0.15, -0.1) is 0 Å². The molecule has 1 N–H and O–H groups in total. The monoisotopic (exact) mass is 429 g/mol. The summed E-state index contributed by atoms with van der Waals surface area (Å²) < 4.78 is 2.09. The maximum atomic E-state index is 4.58. The first-order chi connectivity index (χ1) is 10.7. The van der Waals surface area contributed by atoms with Gasteiger partial charge in [-0.2, -0.15) is 0 Å². The molecule has 2 aliphatic rings. The van der Waals surface area contributed by atoms with Gasteiger partial charge in [-0.25, -0.2) is 9.97 Å². The van der Waals surface area contributed by atoms with Crippen LogP contribution in [0.3, 0.4) is 0 Å². The van der Waals surface area contributed by atoms with Crippen molar-refractivity contribution < 1.29 is 0 Å². The number of anilines is 1. The van der Waals surface area contributed by atoms with E-state index in [0.29, 0.717) is 11.5 Å². The number of hydrogen-bond donors (Lipinski definition) is 1. The van der Waals surface area contributed by atoms with E-state index in [-0.39, 0.29) is 0 Å². The molecule has 0 unspecified atom stereocenters. The summed E-state index contributed by atoms with van der Waals surface area (Å²) in [5, 5.41) is 4.59. The lowest BCUT2D eigenvalue weighted by atomic mass is 9.68. The Kier molecular flexibility index (Phi) is 3.98. The van der Waals surface area contributed by atoms with Crippen LogP contribution in [0.2, 0.25) is 0 Å². The van der Waals surface area contributed by atoms with Crippen molar-refractivity contribution in [1.29, 1.82) is 0 Å². The summed E-state index contributed by atoms with van der Waals surface area (Å²) in [7, 11) is 3.83. The average Bonchev–Trinajstić information content (AvgIpc) is 2.96. The van der Waals surface area contributed by atoms with E-state index >= 15 is 0 Å². The molecule has 0 bridgehead atoms. The van der Waals surface area contributed by atoms with Crippen LogP contribution in [0.15, 0.2) is 18.6 Å². The Labute approximate surface area is 147 Å². The zero-order valence-electron chi connectivity index (χ0n) is 12.6. The minimum absolute atomic E-state index is 0.597. The summed E-state index contributed by atoms with van der Waals surface area (Å²) in [5.74, 6) is 1.07. The Bertz CT molecular complexity index is 674. The third-order valence-electron chi connectivity index (χ3n) is 5.40. The van der Waals surface area contributed by atoms with Crippen LogP contribution in [0, 0.1) is 5.41 Å². The Morgan fingerprint density at radius 2 is 2.14 bits per heavy atom. The molecule has 0 aromatic carbocycles. The Morgan fingerprint density at radius 1 is 1.36 bits per heavy atom. The number of halogens is 1. The second-order valence-electron chi connectivity index (χ2n) is 6.59. The van der Waals surface area contributed by atoms with Crippen molar-refractivity contribution in [3.05, 3.63) is 18.6 Å². The first-order valence-electron chi connectivity index (χ1n) is 7.77. The number of hydrogen-bond acceptors (Lipinski definition) is 5. The topological polar surface area (TPSA) is 46.0 Å². The van der Waals surface area contributed by atoms with Crippen LogP contribution in [0.1, 0.15) is 25.7 Å². The fraction of sp³-hybridized carbons (Fsp3) is 0.600. The summed E-state index contributed by atoms with van der Waals surface area (Å²) in [6.45, 7) is 2.44. The number of aromatic nitrogens is 3. The summed E-state index contributed by atoms with van der Waals surface area (Å²) in [6, 6.07) is 2.73. The van der Waals surface area contributed by atoms with Crippen molar-refractivity contribution in [2.24, 2.45) is 5.41 Å². The molecular weight excluding hydrogens is 409 g/mol. The van der Waals surface area contributed by atoms with Gasteiger partial charge in [0.25, 0.3) is 0 Å². The Balaban J connectivity index is 1.57. The van der Waals surface area contributed by atoms with Gasteiger partial charge in [-0.1, -0.05) is 0 Å². The second kappa shape index (κ2) is 5.83. The highest BCUT2D eigenvalue weighted by atomic mass is 127. The summed E-state index contributed by atoms with van der Waals surface area (Å²) in [5.41, 5.74) is 1.62. The first kappa shape index (κ1) is 15.0. The van der Waals surface area contributed by atoms with Crippen molar-refractivity contribution in [1.82, 2.24) is 19.3 Å². The minimum Gasteiger partial charge on any atom is -0.356 e. The largest absolute Gasteiger partial charge is 0.356 e. The van der Waals surface area contributed by atoms with Crippen molar-refractivity contribution in [2.45, 2.75) is 31.7 Å². The third kappa shape index (κ3) is 2.41. The van der Waals surface area contributed by atoms with Gasteiger partial charge < -0.3 is 10.2 Å². The van der Waals surface area contributed by atoms with Crippen LogP contribution in [0.25, 0.3) is 11.0 Å². The van der Waals surface area contributed by atoms with Crippen LogP contribution < -0.4 is 10.2 Å². The summed E-state index contributed by atoms with van der Waals surface area (Å²) in [4.78, 5) is 11.4. The van der Waals surface area contributed by atoms with Crippen molar-refractivity contribution in [3.8, 4) is 0 Å². The molecule has 1 spiro atoms. The highest BCUT2D eigenvalue weighted by Gasteiger charge is 2.41. The molecule has 3 heterocycles. The highest BCUT2D eigenvalue weighted by molar-refractivity contribution is 14.2.